The Morgan fingerprint density at radius 1 is 1.19 bits per heavy atom. The first-order valence-electron chi connectivity index (χ1n) is 8.88. The Kier molecular flexibility index (Phi) is 5.76. The van der Waals surface area contributed by atoms with Crippen LogP contribution in [0.5, 0.6) is 5.75 Å². The fraction of sp³-hybridized carbons (Fsp3) is 0.368. The predicted molar refractivity (Wildman–Crippen MR) is 102 cm³/mol. The maximum Gasteiger partial charge on any atom is 0.238 e. The molecule has 0 aliphatic heterocycles. The molecule has 8 heteroatoms. The van der Waals surface area contributed by atoms with Crippen molar-refractivity contribution in [2.24, 2.45) is 5.14 Å². The molecule has 1 amide bonds. The number of ether oxygens (including phenoxy) is 1. The van der Waals surface area contributed by atoms with Gasteiger partial charge in [0.05, 0.1) is 23.2 Å². The molecule has 0 unspecified atom stereocenters. The van der Waals surface area contributed by atoms with Crippen molar-refractivity contribution in [3.05, 3.63) is 48.8 Å². The van der Waals surface area contributed by atoms with Gasteiger partial charge in [0.15, 0.2) is 0 Å². The van der Waals surface area contributed by atoms with Gasteiger partial charge in [-0.25, -0.2) is 13.6 Å². The molecule has 0 bridgehead atoms. The van der Waals surface area contributed by atoms with Crippen LogP contribution in [0.25, 0.3) is 0 Å². The molecule has 144 valence electrons. The van der Waals surface area contributed by atoms with E-state index in [1.165, 1.54) is 12.1 Å². The van der Waals surface area contributed by atoms with Crippen molar-refractivity contribution in [3.8, 4) is 5.75 Å². The van der Waals surface area contributed by atoms with E-state index in [9.17, 15) is 13.2 Å². The summed E-state index contributed by atoms with van der Waals surface area (Å²) in [5.41, 5.74) is -0.0358. The summed E-state index contributed by atoms with van der Waals surface area (Å²) in [6, 6.07) is 9.62. The van der Waals surface area contributed by atoms with E-state index < -0.39 is 15.6 Å². The quantitative estimate of drug-likeness (QED) is 0.789. The molecule has 1 aliphatic carbocycles. The molecular formula is C19H23N3O4S. The lowest BCUT2D eigenvalue weighted by atomic mass is 9.82. The summed E-state index contributed by atoms with van der Waals surface area (Å²) < 4.78 is 29.4. The summed E-state index contributed by atoms with van der Waals surface area (Å²) in [6.45, 7) is 0. The number of aromatic nitrogens is 1. The van der Waals surface area contributed by atoms with Crippen molar-refractivity contribution in [1.82, 2.24) is 4.98 Å². The Hall–Kier alpha value is -2.45. The Morgan fingerprint density at radius 3 is 2.63 bits per heavy atom. The van der Waals surface area contributed by atoms with Crippen LogP contribution in [0.2, 0.25) is 0 Å². The monoisotopic (exact) mass is 389 g/mol. The van der Waals surface area contributed by atoms with Gasteiger partial charge in [-0.3, -0.25) is 9.78 Å². The highest BCUT2D eigenvalue weighted by Gasteiger charge is 2.37. The van der Waals surface area contributed by atoms with Crippen molar-refractivity contribution in [2.45, 2.75) is 49.0 Å². The number of carbonyl (C=O) groups is 1. The molecule has 1 aliphatic rings. The number of hydrogen-bond donors (Lipinski definition) is 2. The lowest BCUT2D eigenvalue weighted by Crippen LogP contribution is -2.41. The Labute approximate surface area is 159 Å². The summed E-state index contributed by atoms with van der Waals surface area (Å²) in [6.07, 6.45) is 7.86. The van der Waals surface area contributed by atoms with Crippen LogP contribution in [0.4, 0.5) is 5.69 Å². The molecule has 0 atom stereocenters. The average Bonchev–Trinajstić information content (AvgIpc) is 2.62. The fourth-order valence-electron chi connectivity index (χ4n) is 3.41. The smallest absolute Gasteiger partial charge is 0.238 e. The summed E-state index contributed by atoms with van der Waals surface area (Å²) >= 11 is 0. The van der Waals surface area contributed by atoms with Crippen molar-refractivity contribution < 1.29 is 17.9 Å². The minimum atomic E-state index is -3.82. The molecule has 3 rings (SSSR count). The van der Waals surface area contributed by atoms with Gasteiger partial charge in [-0.05, 0) is 49.9 Å². The first kappa shape index (κ1) is 19.3. The number of benzene rings is 1. The van der Waals surface area contributed by atoms with Gasteiger partial charge in [0, 0.05) is 12.3 Å². The van der Waals surface area contributed by atoms with E-state index in [0.29, 0.717) is 11.4 Å². The van der Waals surface area contributed by atoms with Gasteiger partial charge in [0.2, 0.25) is 15.9 Å². The predicted octanol–water partition coefficient (Wildman–Crippen LogP) is 2.84. The van der Waals surface area contributed by atoms with Crippen LogP contribution in [0.1, 0.15) is 38.5 Å². The summed E-state index contributed by atoms with van der Waals surface area (Å²) in [5.74, 6) is 0.241. The third-order valence-corrected chi connectivity index (χ3v) is 5.57. The van der Waals surface area contributed by atoms with E-state index in [1.54, 1.807) is 36.7 Å². The number of anilines is 1. The summed E-state index contributed by atoms with van der Waals surface area (Å²) in [4.78, 5) is 16.5. The SMILES string of the molecule is NS(=O)(=O)c1cccc(OC2(CC(=O)Nc3cccnc3)CCCCC2)c1. The van der Waals surface area contributed by atoms with Gasteiger partial charge in [0.25, 0.3) is 0 Å². The second kappa shape index (κ2) is 8.06. The number of nitrogens with two attached hydrogens (primary N) is 1. The molecule has 1 heterocycles. The molecule has 0 spiro atoms. The second-order valence-electron chi connectivity index (χ2n) is 6.83. The number of amides is 1. The summed E-state index contributed by atoms with van der Waals surface area (Å²) in [7, 11) is -3.82. The number of rotatable bonds is 6. The number of nitrogens with zero attached hydrogens (tertiary/aromatic N) is 1. The minimum absolute atomic E-state index is 0.00855. The highest BCUT2D eigenvalue weighted by Crippen LogP contribution is 2.36. The molecular weight excluding hydrogens is 366 g/mol. The van der Waals surface area contributed by atoms with E-state index in [2.05, 4.69) is 10.3 Å². The third-order valence-electron chi connectivity index (χ3n) is 4.66. The first-order chi connectivity index (χ1) is 12.9. The molecule has 0 radical (unpaired) electrons. The van der Waals surface area contributed by atoms with Crippen molar-refractivity contribution in [2.75, 3.05) is 5.32 Å². The van der Waals surface area contributed by atoms with Crippen LogP contribution >= 0.6 is 0 Å². The Bertz CT molecular complexity index is 894. The van der Waals surface area contributed by atoms with Crippen LogP contribution in [-0.2, 0) is 14.8 Å². The standard InChI is InChI=1S/C19H23N3O4S/c20-27(24,25)17-8-4-7-16(12-17)26-19(9-2-1-3-10-19)13-18(23)22-15-6-5-11-21-14-15/h4-8,11-12,14H,1-3,9-10,13H2,(H,22,23)(H2,20,24,25). The molecule has 2 aromatic rings. The first-order valence-corrected chi connectivity index (χ1v) is 10.4. The fourth-order valence-corrected chi connectivity index (χ4v) is 3.96. The van der Waals surface area contributed by atoms with Crippen LogP contribution in [0.3, 0.4) is 0 Å². The van der Waals surface area contributed by atoms with Crippen LogP contribution in [0.15, 0.2) is 53.7 Å². The number of sulfonamides is 1. The van der Waals surface area contributed by atoms with Gasteiger partial charge in [-0.1, -0.05) is 12.5 Å². The third kappa shape index (κ3) is 5.27. The molecule has 1 saturated carbocycles. The second-order valence-corrected chi connectivity index (χ2v) is 8.39. The van der Waals surface area contributed by atoms with Crippen molar-refractivity contribution in [3.63, 3.8) is 0 Å². The number of nitrogens with one attached hydrogen (secondary N) is 1. The van der Waals surface area contributed by atoms with E-state index in [-0.39, 0.29) is 17.2 Å². The summed E-state index contributed by atoms with van der Waals surface area (Å²) in [5, 5.41) is 8.04. The normalized spacial score (nSPS) is 16.5. The molecule has 27 heavy (non-hydrogen) atoms. The number of carbonyl (C=O) groups excluding carboxylic acids is 1. The molecule has 1 fully saturated rings. The molecule has 1 aromatic carbocycles. The largest absolute Gasteiger partial charge is 0.487 e. The number of pyridine rings is 1. The number of hydrogen-bond acceptors (Lipinski definition) is 5. The Morgan fingerprint density at radius 2 is 1.96 bits per heavy atom. The molecule has 7 nitrogen and oxygen atoms in total. The van der Waals surface area contributed by atoms with Crippen LogP contribution in [0, 0.1) is 0 Å². The average molecular weight is 389 g/mol. The van der Waals surface area contributed by atoms with Crippen LogP contribution in [-0.4, -0.2) is 24.9 Å². The van der Waals surface area contributed by atoms with Crippen molar-refractivity contribution >= 4 is 21.6 Å². The molecule has 1 aromatic heterocycles. The van der Waals surface area contributed by atoms with Gasteiger partial charge in [0.1, 0.15) is 11.4 Å². The number of primary sulfonamides is 1. The zero-order chi connectivity index (χ0) is 19.3. The van der Waals surface area contributed by atoms with Gasteiger partial charge in [-0.2, -0.15) is 0 Å². The van der Waals surface area contributed by atoms with E-state index in [4.69, 9.17) is 9.88 Å². The molecule has 3 N–H and O–H groups in total. The Balaban J connectivity index is 1.78. The van der Waals surface area contributed by atoms with Crippen LogP contribution < -0.4 is 15.2 Å². The topological polar surface area (TPSA) is 111 Å². The zero-order valence-corrected chi connectivity index (χ0v) is 15.7. The maximum atomic E-state index is 12.6. The lowest BCUT2D eigenvalue weighted by Gasteiger charge is -2.37. The minimum Gasteiger partial charge on any atom is -0.487 e. The molecule has 0 saturated heterocycles. The van der Waals surface area contributed by atoms with E-state index >= 15 is 0 Å². The van der Waals surface area contributed by atoms with Crippen molar-refractivity contribution in [1.29, 1.82) is 0 Å². The van der Waals surface area contributed by atoms with E-state index in [1.807, 2.05) is 0 Å². The van der Waals surface area contributed by atoms with Gasteiger partial charge >= 0.3 is 0 Å². The lowest BCUT2D eigenvalue weighted by molar-refractivity contribution is -0.121. The van der Waals surface area contributed by atoms with Gasteiger partial charge in [-0.15, -0.1) is 0 Å². The zero-order valence-electron chi connectivity index (χ0n) is 14.9. The maximum absolute atomic E-state index is 12.6. The highest BCUT2D eigenvalue weighted by molar-refractivity contribution is 7.89. The highest BCUT2D eigenvalue weighted by atomic mass is 32.2. The van der Waals surface area contributed by atoms with E-state index in [0.717, 1.165) is 32.1 Å². The van der Waals surface area contributed by atoms with Gasteiger partial charge < -0.3 is 10.1 Å².